The predicted molar refractivity (Wildman–Crippen MR) is 81.1 cm³/mol. The first-order chi connectivity index (χ1) is 11.0. The predicted octanol–water partition coefficient (Wildman–Crippen LogP) is 1.55. The van der Waals surface area contributed by atoms with Crippen LogP contribution in [-0.4, -0.2) is 30.6 Å². The van der Waals surface area contributed by atoms with Crippen molar-refractivity contribution in [1.82, 2.24) is 0 Å². The molecule has 1 aromatic carbocycles. The van der Waals surface area contributed by atoms with E-state index in [9.17, 15) is 14.4 Å². The summed E-state index contributed by atoms with van der Waals surface area (Å²) in [4.78, 5) is 34.5. The molecule has 0 saturated heterocycles. The molecule has 0 radical (unpaired) electrons. The summed E-state index contributed by atoms with van der Waals surface area (Å²) in [5, 5.41) is 11.4. The van der Waals surface area contributed by atoms with Crippen LogP contribution in [-0.2, 0) is 23.9 Å². The van der Waals surface area contributed by atoms with Gasteiger partial charge in [0.1, 0.15) is 6.07 Å². The number of ether oxygens (including phenoxy) is 2. The van der Waals surface area contributed by atoms with Crippen molar-refractivity contribution in [1.29, 1.82) is 5.26 Å². The second kappa shape index (κ2) is 9.00. The largest absolute Gasteiger partial charge is 0.463 e. The normalized spacial score (nSPS) is 11.3. The van der Waals surface area contributed by atoms with Gasteiger partial charge < -0.3 is 14.8 Å². The maximum absolute atomic E-state index is 11.9. The zero-order valence-electron chi connectivity index (χ0n) is 12.7. The molecule has 1 amide bonds. The van der Waals surface area contributed by atoms with Crippen molar-refractivity contribution in [2.24, 2.45) is 0 Å². The van der Waals surface area contributed by atoms with E-state index in [1.165, 1.54) is 6.92 Å². The lowest BCUT2D eigenvalue weighted by molar-refractivity contribution is -0.148. The van der Waals surface area contributed by atoms with Gasteiger partial charge in [-0.1, -0.05) is 12.1 Å². The lowest BCUT2D eigenvalue weighted by atomic mass is 10.2. The van der Waals surface area contributed by atoms with E-state index in [1.54, 1.807) is 31.2 Å². The van der Waals surface area contributed by atoms with Crippen LogP contribution in [0, 0.1) is 11.3 Å². The van der Waals surface area contributed by atoms with Gasteiger partial charge in [-0.3, -0.25) is 4.79 Å². The van der Waals surface area contributed by atoms with Crippen LogP contribution in [0.1, 0.15) is 19.4 Å². The standard InChI is InChI=1S/C16H16N2O5/c1-3-22-14(19)8-9-15(20)23-11(2)16(21)18-13-7-5-4-6-12(13)10-17/h4-9,11H,3H2,1-2H3,(H,18,21)/b9-8+/t11-/m1/s1. The maximum atomic E-state index is 11.9. The van der Waals surface area contributed by atoms with E-state index in [0.717, 1.165) is 12.2 Å². The zero-order valence-corrected chi connectivity index (χ0v) is 12.7. The number of anilines is 1. The van der Waals surface area contributed by atoms with Crippen LogP contribution < -0.4 is 5.32 Å². The van der Waals surface area contributed by atoms with Crippen LogP contribution in [0.4, 0.5) is 5.69 Å². The number of nitrogens with zero attached hydrogens (tertiary/aromatic N) is 1. The molecule has 1 N–H and O–H groups in total. The fourth-order valence-corrected chi connectivity index (χ4v) is 1.52. The molecule has 1 atom stereocenters. The van der Waals surface area contributed by atoms with Gasteiger partial charge in [0.05, 0.1) is 17.9 Å². The van der Waals surface area contributed by atoms with E-state index < -0.39 is 23.9 Å². The number of amides is 1. The van der Waals surface area contributed by atoms with Crippen LogP contribution in [0.3, 0.4) is 0 Å². The quantitative estimate of drug-likeness (QED) is 0.630. The molecule has 0 bridgehead atoms. The topological polar surface area (TPSA) is 105 Å². The van der Waals surface area contributed by atoms with Crippen molar-refractivity contribution in [2.45, 2.75) is 20.0 Å². The Morgan fingerprint density at radius 2 is 1.91 bits per heavy atom. The molecule has 120 valence electrons. The summed E-state index contributed by atoms with van der Waals surface area (Å²) in [5.41, 5.74) is 0.617. The van der Waals surface area contributed by atoms with Crippen LogP contribution >= 0.6 is 0 Å². The number of nitrogens with one attached hydrogen (secondary N) is 1. The van der Waals surface area contributed by atoms with Crippen LogP contribution in [0.5, 0.6) is 0 Å². The van der Waals surface area contributed by atoms with E-state index in [1.807, 2.05) is 6.07 Å². The first kappa shape index (κ1) is 17.9. The van der Waals surface area contributed by atoms with Gasteiger partial charge in [0.15, 0.2) is 6.10 Å². The highest BCUT2D eigenvalue weighted by atomic mass is 16.5. The van der Waals surface area contributed by atoms with Crippen LogP contribution in [0.25, 0.3) is 0 Å². The average molecular weight is 316 g/mol. The van der Waals surface area contributed by atoms with Crippen molar-refractivity contribution in [3.63, 3.8) is 0 Å². The van der Waals surface area contributed by atoms with Gasteiger partial charge in [0.2, 0.25) is 0 Å². The minimum atomic E-state index is -1.10. The fourth-order valence-electron chi connectivity index (χ4n) is 1.52. The van der Waals surface area contributed by atoms with Crippen molar-refractivity contribution in [3.05, 3.63) is 42.0 Å². The summed E-state index contributed by atoms with van der Waals surface area (Å²) in [6, 6.07) is 8.38. The Bertz CT molecular complexity index is 661. The third-order valence-corrected chi connectivity index (χ3v) is 2.61. The molecule has 0 heterocycles. The summed E-state index contributed by atoms with van der Waals surface area (Å²) in [6.07, 6.45) is 0.702. The molecular formula is C16H16N2O5. The first-order valence-corrected chi connectivity index (χ1v) is 6.83. The lowest BCUT2D eigenvalue weighted by Gasteiger charge is -2.13. The van der Waals surface area contributed by atoms with E-state index in [2.05, 4.69) is 10.1 Å². The molecule has 23 heavy (non-hydrogen) atoms. The molecule has 0 spiro atoms. The summed E-state index contributed by atoms with van der Waals surface area (Å²) >= 11 is 0. The number of para-hydroxylation sites is 1. The Morgan fingerprint density at radius 1 is 1.26 bits per heavy atom. The van der Waals surface area contributed by atoms with Gasteiger partial charge in [-0.2, -0.15) is 5.26 Å². The van der Waals surface area contributed by atoms with Crippen molar-refractivity contribution in [3.8, 4) is 6.07 Å². The van der Waals surface area contributed by atoms with Crippen molar-refractivity contribution >= 4 is 23.5 Å². The SMILES string of the molecule is CCOC(=O)/C=C/C(=O)O[C@H](C)C(=O)Nc1ccccc1C#N. The molecule has 0 aliphatic rings. The Kier molecular flexibility index (Phi) is 7.01. The number of hydrogen-bond acceptors (Lipinski definition) is 6. The van der Waals surface area contributed by atoms with E-state index in [-0.39, 0.29) is 6.61 Å². The summed E-state index contributed by atoms with van der Waals surface area (Å²) < 4.78 is 9.46. The molecule has 0 aliphatic heterocycles. The highest BCUT2D eigenvalue weighted by Gasteiger charge is 2.17. The number of carbonyl (C=O) groups excluding carboxylic acids is 3. The van der Waals surface area contributed by atoms with Crippen LogP contribution in [0.15, 0.2) is 36.4 Å². The van der Waals surface area contributed by atoms with Crippen molar-refractivity contribution < 1.29 is 23.9 Å². The smallest absolute Gasteiger partial charge is 0.331 e. The molecule has 0 saturated carbocycles. The summed E-state index contributed by atoms with van der Waals surface area (Å²) in [6.45, 7) is 3.20. The Morgan fingerprint density at radius 3 is 2.57 bits per heavy atom. The molecule has 1 rings (SSSR count). The van der Waals surface area contributed by atoms with Gasteiger partial charge >= 0.3 is 11.9 Å². The lowest BCUT2D eigenvalue weighted by Crippen LogP contribution is -2.29. The van der Waals surface area contributed by atoms with Gasteiger partial charge in [0, 0.05) is 12.2 Å². The monoisotopic (exact) mass is 316 g/mol. The van der Waals surface area contributed by atoms with Gasteiger partial charge in [-0.05, 0) is 26.0 Å². The number of benzene rings is 1. The minimum absolute atomic E-state index is 0.190. The number of hydrogen-bond donors (Lipinski definition) is 1. The van der Waals surface area contributed by atoms with E-state index in [0.29, 0.717) is 11.3 Å². The number of nitriles is 1. The highest BCUT2D eigenvalue weighted by Crippen LogP contribution is 2.14. The molecule has 7 nitrogen and oxygen atoms in total. The Hall–Kier alpha value is -3.14. The molecule has 0 aliphatic carbocycles. The summed E-state index contributed by atoms with van der Waals surface area (Å²) in [5.74, 6) is -2.12. The third kappa shape index (κ3) is 6.01. The van der Waals surface area contributed by atoms with Gasteiger partial charge in [-0.25, -0.2) is 9.59 Å². The highest BCUT2D eigenvalue weighted by molar-refractivity contribution is 5.97. The third-order valence-electron chi connectivity index (χ3n) is 2.61. The van der Waals surface area contributed by atoms with E-state index >= 15 is 0 Å². The van der Waals surface area contributed by atoms with E-state index in [4.69, 9.17) is 10.00 Å². The second-order valence-corrected chi connectivity index (χ2v) is 4.31. The molecule has 1 aromatic rings. The first-order valence-electron chi connectivity index (χ1n) is 6.83. The number of esters is 2. The zero-order chi connectivity index (χ0) is 17.2. The average Bonchev–Trinajstić information content (AvgIpc) is 2.53. The number of carbonyl (C=O) groups is 3. The van der Waals surface area contributed by atoms with Crippen molar-refractivity contribution in [2.75, 3.05) is 11.9 Å². The Labute approximate surface area is 133 Å². The van der Waals surface area contributed by atoms with Gasteiger partial charge in [-0.15, -0.1) is 0 Å². The second-order valence-electron chi connectivity index (χ2n) is 4.31. The molecule has 0 aromatic heterocycles. The molecule has 7 heteroatoms. The van der Waals surface area contributed by atoms with Crippen LogP contribution in [0.2, 0.25) is 0 Å². The summed E-state index contributed by atoms with van der Waals surface area (Å²) in [7, 11) is 0. The number of rotatable bonds is 6. The fraction of sp³-hybridized carbons (Fsp3) is 0.250. The maximum Gasteiger partial charge on any atom is 0.331 e. The Balaban J connectivity index is 2.59. The minimum Gasteiger partial charge on any atom is -0.463 e. The van der Waals surface area contributed by atoms with Gasteiger partial charge in [0.25, 0.3) is 5.91 Å². The molecule has 0 fully saturated rings. The molecule has 0 unspecified atom stereocenters. The molecular weight excluding hydrogens is 300 g/mol.